The maximum absolute atomic E-state index is 14.8. The van der Waals surface area contributed by atoms with Gasteiger partial charge in [0.2, 0.25) is 0 Å². The minimum Gasteiger partial charge on any atom is -0.497 e. The molecular weight excluding hydrogens is 321 g/mol. The van der Waals surface area contributed by atoms with Gasteiger partial charge < -0.3 is 15.2 Å². The van der Waals surface area contributed by atoms with Gasteiger partial charge in [-0.2, -0.15) is 0 Å². The molecule has 1 aliphatic rings. The number of rotatable bonds is 3. The highest BCUT2D eigenvalue weighted by Gasteiger charge is 2.39. The van der Waals surface area contributed by atoms with E-state index in [-0.39, 0.29) is 11.2 Å². The first-order chi connectivity index (χ1) is 11.8. The third-order valence-corrected chi connectivity index (χ3v) is 4.89. The van der Waals surface area contributed by atoms with Crippen molar-refractivity contribution in [2.45, 2.75) is 32.8 Å². The van der Waals surface area contributed by atoms with Crippen molar-refractivity contribution in [1.29, 1.82) is 0 Å². The molecule has 132 valence electrons. The Morgan fingerprint density at radius 1 is 1.24 bits per heavy atom. The highest BCUT2D eigenvalue weighted by atomic mass is 19.1. The predicted molar refractivity (Wildman–Crippen MR) is 93.9 cm³/mol. The van der Waals surface area contributed by atoms with Crippen LogP contribution in [0.5, 0.6) is 5.75 Å². The first-order valence-electron chi connectivity index (χ1n) is 8.24. The molecule has 2 N–H and O–H groups in total. The number of benzene rings is 2. The molecule has 0 spiro atoms. The molecule has 1 amide bonds. The Hall–Kier alpha value is -2.56. The van der Waals surface area contributed by atoms with Gasteiger partial charge in [0.05, 0.1) is 7.11 Å². The molecular formula is C20H22FNO3. The minimum atomic E-state index is -0.842. The number of fused-ring (bicyclic) bond motifs is 1. The number of aryl methyl sites for hydroxylation is 1. The SMILES string of the molecule is COc1ccc(-c2cc3c(cc2F)[C@H](OC(N)=O)C(C)(C)CC3)cc1. The lowest BCUT2D eigenvalue weighted by molar-refractivity contribution is 0.0145. The largest absolute Gasteiger partial charge is 0.497 e. The van der Waals surface area contributed by atoms with Gasteiger partial charge in [0, 0.05) is 11.0 Å². The summed E-state index contributed by atoms with van der Waals surface area (Å²) in [5.41, 5.74) is 7.91. The molecule has 0 bridgehead atoms. The molecule has 5 heteroatoms. The zero-order valence-electron chi connectivity index (χ0n) is 14.6. The van der Waals surface area contributed by atoms with Crippen LogP contribution in [0.15, 0.2) is 36.4 Å². The van der Waals surface area contributed by atoms with E-state index in [0.29, 0.717) is 11.1 Å². The molecule has 0 unspecified atom stereocenters. The summed E-state index contributed by atoms with van der Waals surface area (Å²) < 4.78 is 25.3. The summed E-state index contributed by atoms with van der Waals surface area (Å²) in [5.74, 6) is 0.374. The molecule has 0 aromatic heterocycles. The van der Waals surface area contributed by atoms with Crippen molar-refractivity contribution in [1.82, 2.24) is 0 Å². The minimum absolute atomic E-state index is 0.296. The van der Waals surface area contributed by atoms with Gasteiger partial charge in [-0.25, -0.2) is 9.18 Å². The Kier molecular flexibility index (Phi) is 4.41. The number of primary amides is 1. The number of hydrogen-bond donors (Lipinski definition) is 1. The van der Waals surface area contributed by atoms with E-state index in [1.807, 2.05) is 32.0 Å². The molecule has 4 nitrogen and oxygen atoms in total. The Labute approximate surface area is 146 Å². The van der Waals surface area contributed by atoms with Crippen molar-refractivity contribution in [3.63, 3.8) is 0 Å². The third-order valence-electron chi connectivity index (χ3n) is 4.89. The van der Waals surface area contributed by atoms with E-state index in [4.69, 9.17) is 15.2 Å². The molecule has 0 saturated carbocycles. The van der Waals surface area contributed by atoms with E-state index in [1.54, 1.807) is 19.2 Å². The quantitative estimate of drug-likeness (QED) is 0.885. The van der Waals surface area contributed by atoms with Gasteiger partial charge in [-0.15, -0.1) is 0 Å². The summed E-state index contributed by atoms with van der Waals surface area (Å²) in [6.45, 7) is 4.00. The molecule has 0 radical (unpaired) electrons. The molecule has 3 rings (SSSR count). The van der Waals surface area contributed by atoms with Gasteiger partial charge >= 0.3 is 6.09 Å². The van der Waals surface area contributed by atoms with E-state index in [9.17, 15) is 9.18 Å². The van der Waals surface area contributed by atoms with Crippen molar-refractivity contribution in [2.24, 2.45) is 11.1 Å². The van der Waals surface area contributed by atoms with Crippen LogP contribution >= 0.6 is 0 Å². The monoisotopic (exact) mass is 343 g/mol. The van der Waals surface area contributed by atoms with Crippen molar-refractivity contribution in [3.8, 4) is 16.9 Å². The van der Waals surface area contributed by atoms with E-state index in [2.05, 4.69) is 0 Å². The second kappa shape index (κ2) is 6.39. The fraction of sp³-hybridized carbons (Fsp3) is 0.350. The average molecular weight is 343 g/mol. The Bertz CT molecular complexity index is 799. The van der Waals surface area contributed by atoms with Gasteiger partial charge in [0.15, 0.2) is 0 Å². The maximum atomic E-state index is 14.8. The Morgan fingerprint density at radius 2 is 1.92 bits per heavy atom. The Balaban J connectivity index is 2.05. The fourth-order valence-electron chi connectivity index (χ4n) is 3.43. The summed E-state index contributed by atoms with van der Waals surface area (Å²) in [6.07, 6.45) is 0.231. The van der Waals surface area contributed by atoms with Crippen LogP contribution in [0.4, 0.5) is 9.18 Å². The smallest absolute Gasteiger partial charge is 0.405 e. The molecule has 0 saturated heterocycles. The maximum Gasteiger partial charge on any atom is 0.405 e. The lowest BCUT2D eigenvalue weighted by Gasteiger charge is -2.39. The predicted octanol–water partition coefficient (Wildman–Crippen LogP) is 4.61. The summed E-state index contributed by atoms with van der Waals surface area (Å²) >= 11 is 0. The number of carbonyl (C=O) groups excluding carboxylic acids is 1. The molecule has 0 heterocycles. The van der Waals surface area contributed by atoms with Gasteiger partial charge in [-0.3, -0.25) is 0 Å². The topological polar surface area (TPSA) is 61.6 Å². The van der Waals surface area contributed by atoms with Gasteiger partial charge in [0.25, 0.3) is 0 Å². The standard InChI is InChI=1S/C20H22FNO3/c1-20(2)9-8-13-10-15(12-4-6-14(24-3)7-5-12)17(21)11-16(13)18(20)25-19(22)23/h4-7,10-11,18H,8-9H2,1-3H3,(H2,22,23)/t18-/m0/s1. The van der Waals surface area contributed by atoms with Crippen LogP contribution in [0.25, 0.3) is 11.1 Å². The van der Waals surface area contributed by atoms with Crippen LogP contribution in [-0.4, -0.2) is 13.2 Å². The second-order valence-corrected chi connectivity index (χ2v) is 7.06. The van der Waals surface area contributed by atoms with Gasteiger partial charge in [-0.05, 0) is 53.8 Å². The number of nitrogens with two attached hydrogens (primary N) is 1. The van der Waals surface area contributed by atoms with E-state index < -0.39 is 12.2 Å². The van der Waals surface area contributed by atoms with Crippen LogP contribution in [0, 0.1) is 11.2 Å². The number of methoxy groups -OCH3 is 1. The third kappa shape index (κ3) is 3.31. The summed E-state index contributed by atoms with van der Waals surface area (Å²) in [5, 5.41) is 0. The summed E-state index contributed by atoms with van der Waals surface area (Å²) in [6, 6.07) is 10.6. The molecule has 0 aliphatic heterocycles. The number of halogens is 1. The average Bonchev–Trinajstić information content (AvgIpc) is 2.57. The van der Waals surface area contributed by atoms with E-state index in [0.717, 1.165) is 29.7 Å². The van der Waals surface area contributed by atoms with Crippen molar-refractivity contribution in [2.75, 3.05) is 7.11 Å². The molecule has 25 heavy (non-hydrogen) atoms. The molecule has 1 aliphatic carbocycles. The lowest BCUT2D eigenvalue weighted by atomic mass is 9.71. The van der Waals surface area contributed by atoms with Crippen molar-refractivity contribution >= 4 is 6.09 Å². The molecule has 2 aromatic rings. The number of hydrogen-bond acceptors (Lipinski definition) is 3. The zero-order chi connectivity index (χ0) is 18.2. The summed E-state index contributed by atoms with van der Waals surface area (Å²) in [4.78, 5) is 11.3. The highest BCUT2D eigenvalue weighted by Crippen LogP contribution is 2.47. The molecule has 1 atom stereocenters. The first-order valence-corrected chi connectivity index (χ1v) is 8.24. The second-order valence-electron chi connectivity index (χ2n) is 7.06. The molecule has 0 fully saturated rings. The van der Waals surface area contributed by atoms with Crippen LogP contribution < -0.4 is 10.5 Å². The number of amides is 1. The van der Waals surface area contributed by atoms with E-state index in [1.165, 1.54) is 6.07 Å². The number of carbonyl (C=O) groups is 1. The van der Waals surface area contributed by atoms with E-state index >= 15 is 0 Å². The van der Waals surface area contributed by atoms with Crippen LogP contribution in [0.2, 0.25) is 0 Å². The normalized spacial score (nSPS) is 18.3. The van der Waals surface area contributed by atoms with Gasteiger partial charge in [-0.1, -0.05) is 26.0 Å². The Morgan fingerprint density at radius 3 is 2.52 bits per heavy atom. The van der Waals surface area contributed by atoms with Crippen LogP contribution in [0.1, 0.15) is 37.5 Å². The number of ether oxygens (including phenoxy) is 2. The lowest BCUT2D eigenvalue weighted by Crippen LogP contribution is -2.33. The van der Waals surface area contributed by atoms with Gasteiger partial charge in [0.1, 0.15) is 17.7 Å². The van der Waals surface area contributed by atoms with Crippen molar-refractivity contribution < 1.29 is 18.7 Å². The molecule has 2 aromatic carbocycles. The van der Waals surface area contributed by atoms with Crippen molar-refractivity contribution in [3.05, 3.63) is 53.3 Å². The highest BCUT2D eigenvalue weighted by molar-refractivity contribution is 5.68. The van der Waals surface area contributed by atoms with Crippen LogP contribution in [-0.2, 0) is 11.2 Å². The zero-order valence-corrected chi connectivity index (χ0v) is 14.6. The fourth-order valence-corrected chi connectivity index (χ4v) is 3.43. The summed E-state index contributed by atoms with van der Waals surface area (Å²) in [7, 11) is 1.59. The first kappa shape index (κ1) is 17.3. The van der Waals surface area contributed by atoms with Crippen LogP contribution in [0.3, 0.4) is 0 Å².